The number of aliphatic hydroxyl groups is 1. The lowest BCUT2D eigenvalue weighted by Crippen LogP contribution is -2.05. The van der Waals surface area contributed by atoms with E-state index in [0.717, 1.165) is 50.7 Å². The van der Waals surface area contributed by atoms with Gasteiger partial charge in [-0.15, -0.1) is 0 Å². The van der Waals surface area contributed by atoms with Gasteiger partial charge in [-0.25, -0.2) is 9.59 Å². The fraction of sp³-hybridized carbons (Fsp3) is 0.750. The number of hydrogen-bond donors (Lipinski definition) is 2. The predicted molar refractivity (Wildman–Crippen MR) is 118 cm³/mol. The van der Waals surface area contributed by atoms with E-state index in [1.165, 1.54) is 51.4 Å². The first-order valence-electron chi connectivity index (χ1n) is 11.5. The topological polar surface area (TPSA) is 83.8 Å². The van der Waals surface area contributed by atoms with Crippen molar-refractivity contribution < 1.29 is 24.5 Å². The average Bonchev–Trinajstić information content (AvgIpc) is 2.65. The van der Waals surface area contributed by atoms with E-state index in [0.29, 0.717) is 12.8 Å². The third-order valence-electron chi connectivity index (χ3n) is 4.86. The van der Waals surface area contributed by atoms with Gasteiger partial charge in [0.1, 0.15) is 5.76 Å². The molecule has 0 aromatic heterocycles. The number of esters is 1. The molecule has 0 unspecified atom stereocenters. The molecule has 0 saturated heterocycles. The summed E-state index contributed by atoms with van der Waals surface area (Å²) in [6.07, 6.45) is 18.6. The molecule has 0 radical (unpaired) electrons. The predicted octanol–water partition coefficient (Wildman–Crippen LogP) is 7.22. The summed E-state index contributed by atoms with van der Waals surface area (Å²) < 4.78 is 5.15. The van der Waals surface area contributed by atoms with E-state index in [9.17, 15) is 14.7 Å². The average molecular weight is 411 g/mol. The van der Waals surface area contributed by atoms with Crippen LogP contribution in [-0.2, 0) is 14.3 Å². The lowest BCUT2D eigenvalue weighted by atomic mass is 10.1. The fourth-order valence-corrected chi connectivity index (χ4v) is 3.18. The van der Waals surface area contributed by atoms with Crippen LogP contribution in [0, 0.1) is 0 Å². The number of carboxylic acids is 1. The maximum atomic E-state index is 12.0. The van der Waals surface area contributed by atoms with Crippen molar-refractivity contribution in [2.45, 2.75) is 117 Å². The van der Waals surface area contributed by atoms with Crippen LogP contribution in [0.2, 0.25) is 0 Å². The third-order valence-corrected chi connectivity index (χ3v) is 4.86. The molecule has 0 amide bonds. The van der Waals surface area contributed by atoms with Gasteiger partial charge in [0.25, 0.3) is 0 Å². The molecule has 0 spiro atoms. The summed E-state index contributed by atoms with van der Waals surface area (Å²) in [5.41, 5.74) is 0. The zero-order valence-corrected chi connectivity index (χ0v) is 18.6. The normalized spacial score (nSPS) is 12.2. The van der Waals surface area contributed by atoms with Gasteiger partial charge in [0.05, 0.1) is 17.9 Å². The van der Waals surface area contributed by atoms with E-state index in [2.05, 4.69) is 13.8 Å². The van der Waals surface area contributed by atoms with Crippen molar-refractivity contribution in [3.63, 3.8) is 0 Å². The zero-order chi connectivity index (χ0) is 21.7. The fourth-order valence-electron chi connectivity index (χ4n) is 3.18. The van der Waals surface area contributed by atoms with E-state index in [-0.39, 0.29) is 11.5 Å². The minimum Gasteiger partial charge on any atom is -0.512 e. The highest BCUT2D eigenvalue weighted by Gasteiger charge is 2.09. The molecule has 0 atom stereocenters. The van der Waals surface area contributed by atoms with Crippen molar-refractivity contribution in [1.82, 2.24) is 0 Å². The quantitative estimate of drug-likeness (QED) is 0.102. The molecule has 0 aromatic rings. The Morgan fingerprint density at radius 1 is 0.655 bits per heavy atom. The van der Waals surface area contributed by atoms with Gasteiger partial charge in [-0.3, -0.25) is 0 Å². The summed E-state index contributed by atoms with van der Waals surface area (Å²) in [7, 11) is 0. The van der Waals surface area contributed by atoms with Crippen molar-refractivity contribution in [1.29, 1.82) is 0 Å². The molecule has 168 valence electrons. The number of carbonyl (C=O) groups is 2. The van der Waals surface area contributed by atoms with Crippen LogP contribution in [0.5, 0.6) is 0 Å². The Hall–Kier alpha value is -1.78. The van der Waals surface area contributed by atoms with Crippen LogP contribution in [-0.4, -0.2) is 22.2 Å². The Kier molecular flexibility index (Phi) is 18.3. The van der Waals surface area contributed by atoms with Crippen LogP contribution in [0.25, 0.3) is 0 Å². The van der Waals surface area contributed by atoms with Crippen LogP contribution in [0.15, 0.2) is 23.7 Å². The Bertz CT molecular complexity index is 493. The van der Waals surface area contributed by atoms with Crippen molar-refractivity contribution in [3.05, 3.63) is 23.7 Å². The minimum atomic E-state index is -1.13. The number of carbonyl (C=O) groups excluding carboxylic acids is 1. The van der Waals surface area contributed by atoms with Crippen LogP contribution in [0.3, 0.4) is 0 Å². The molecule has 0 aliphatic heterocycles. The molecule has 5 nitrogen and oxygen atoms in total. The molecule has 29 heavy (non-hydrogen) atoms. The van der Waals surface area contributed by atoms with E-state index in [1.54, 1.807) is 0 Å². The number of allylic oxidation sites excluding steroid dienone is 2. The molecule has 0 fully saturated rings. The second-order valence-corrected chi connectivity index (χ2v) is 7.75. The van der Waals surface area contributed by atoms with Crippen molar-refractivity contribution in [3.8, 4) is 0 Å². The summed E-state index contributed by atoms with van der Waals surface area (Å²) in [6, 6.07) is 0. The summed E-state index contributed by atoms with van der Waals surface area (Å²) in [5.74, 6) is -1.70. The van der Waals surface area contributed by atoms with Crippen LogP contribution in [0.1, 0.15) is 117 Å². The highest BCUT2D eigenvalue weighted by Crippen LogP contribution is 2.15. The van der Waals surface area contributed by atoms with Crippen molar-refractivity contribution in [2.24, 2.45) is 0 Å². The first-order valence-corrected chi connectivity index (χ1v) is 11.5. The SMILES string of the molecule is CCCCCCCCCC(O)=CC(=O)OC(=CC(=O)O)CCCCCCCCC. The first kappa shape index (κ1) is 27.2. The molecule has 0 bridgehead atoms. The lowest BCUT2D eigenvalue weighted by Gasteiger charge is -2.07. The molecule has 0 aliphatic carbocycles. The van der Waals surface area contributed by atoms with E-state index >= 15 is 0 Å². The Balaban J connectivity index is 4.17. The smallest absolute Gasteiger partial charge is 0.339 e. The maximum Gasteiger partial charge on any atom is 0.339 e. The van der Waals surface area contributed by atoms with Crippen molar-refractivity contribution in [2.75, 3.05) is 0 Å². The van der Waals surface area contributed by atoms with Gasteiger partial charge in [0.15, 0.2) is 0 Å². The highest BCUT2D eigenvalue weighted by molar-refractivity contribution is 5.85. The molecule has 5 heteroatoms. The maximum absolute atomic E-state index is 12.0. The van der Waals surface area contributed by atoms with Gasteiger partial charge < -0.3 is 14.9 Å². The molecule has 0 aliphatic rings. The van der Waals surface area contributed by atoms with Gasteiger partial charge in [0.2, 0.25) is 0 Å². The second-order valence-electron chi connectivity index (χ2n) is 7.75. The van der Waals surface area contributed by atoms with E-state index in [4.69, 9.17) is 9.84 Å². The largest absolute Gasteiger partial charge is 0.512 e. The van der Waals surface area contributed by atoms with Gasteiger partial charge in [0, 0.05) is 12.8 Å². The molecular formula is C24H42O5. The molecule has 0 aromatic carbocycles. The van der Waals surface area contributed by atoms with Gasteiger partial charge >= 0.3 is 11.9 Å². The van der Waals surface area contributed by atoms with Crippen LogP contribution in [0.4, 0.5) is 0 Å². The minimum absolute atomic E-state index is 0.00541. The summed E-state index contributed by atoms with van der Waals surface area (Å²) in [5, 5.41) is 18.9. The molecule has 2 N–H and O–H groups in total. The second kappa shape index (κ2) is 19.5. The number of aliphatic hydroxyl groups excluding tert-OH is 1. The number of rotatable bonds is 19. The standard InChI is InChI=1S/C24H42O5/c1-3-5-7-9-11-13-15-17-21(25)19-24(28)29-22(20-23(26)27)18-16-14-12-10-8-6-4-2/h19-20,25H,3-18H2,1-2H3,(H,26,27). The third kappa shape index (κ3) is 19.3. The Morgan fingerprint density at radius 2 is 1.10 bits per heavy atom. The Morgan fingerprint density at radius 3 is 1.59 bits per heavy atom. The van der Waals surface area contributed by atoms with Gasteiger partial charge in [-0.05, 0) is 12.8 Å². The Labute approximate surface area is 177 Å². The van der Waals surface area contributed by atoms with Gasteiger partial charge in [-0.2, -0.15) is 0 Å². The van der Waals surface area contributed by atoms with Crippen LogP contribution >= 0.6 is 0 Å². The highest BCUT2D eigenvalue weighted by atomic mass is 16.5. The lowest BCUT2D eigenvalue weighted by molar-refractivity contribution is -0.134. The summed E-state index contributed by atoms with van der Waals surface area (Å²) in [6.45, 7) is 4.37. The molecule has 0 rings (SSSR count). The monoisotopic (exact) mass is 410 g/mol. The number of carboxylic acid groups (broad SMARTS) is 1. The molecular weight excluding hydrogens is 368 g/mol. The zero-order valence-electron chi connectivity index (χ0n) is 18.6. The number of hydrogen-bond acceptors (Lipinski definition) is 4. The van der Waals surface area contributed by atoms with Crippen molar-refractivity contribution >= 4 is 11.9 Å². The van der Waals surface area contributed by atoms with E-state index in [1.807, 2.05) is 0 Å². The number of aliphatic carboxylic acids is 1. The van der Waals surface area contributed by atoms with Crippen LogP contribution < -0.4 is 0 Å². The molecule has 0 saturated carbocycles. The van der Waals surface area contributed by atoms with E-state index < -0.39 is 11.9 Å². The summed E-state index contributed by atoms with van der Waals surface area (Å²) in [4.78, 5) is 22.9. The van der Waals surface area contributed by atoms with Gasteiger partial charge in [-0.1, -0.05) is 90.9 Å². The summed E-state index contributed by atoms with van der Waals surface area (Å²) >= 11 is 0. The number of unbranched alkanes of at least 4 members (excludes halogenated alkanes) is 12. The number of ether oxygens (including phenoxy) is 1. The first-order chi connectivity index (χ1) is 14.0. The molecule has 0 heterocycles.